The van der Waals surface area contributed by atoms with Crippen molar-refractivity contribution in [2.75, 3.05) is 21.3 Å². The lowest BCUT2D eigenvalue weighted by atomic mass is 10.1. The molecule has 0 aliphatic heterocycles. The first-order valence-electron chi connectivity index (χ1n) is 7.38. The molecular weight excluding hydrogens is 330 g/mol. The van der Waals surface area contributed by atoms with E-state index in [0.717, 1.165) is 11.1 Å². The summed E-state index contributed by atoms with van der Waals surface area (Å²) >= 11 is 5.84. The number of nitrogens with one attached hydrogen (secondary N) is 1. The summed E-state index contributed by atoms with van der Waals surface area (Å²) < 4.78 is 16.0. The van der Waals surface area contributed by atoms with Crippen molar-refractivity contribution in [1.29, 1.82) is 0 Å². The summed E-state index contributed by atoms with van der Waals surface area (Å²) in [4.78, 5) is 12.1. The van der Waals surface area contributed by atoms with Crippen LogP contribution in [0.5, 0.6) is 17.2 Å². The predicted molar refractivity (Wildman–Crippen MR) is 93.1 cm³/mol. The van der Waals surface area contributed by atoms with Crippen LogP contribution in [0.25, 0.3) is 0 Å². The molecule has 1 amide bonds. The van der Waals surface area contributed by atoms with Gasteiger partial charge in [-0.15, -0.1) is 0 Å². The SMILES string of the molecule is COc1ccc(CNC(=O)Cc2ccc(Cl)cc2)c(OC)c1OC. The third-order valence-corrected chi connectivity index (χ3v) is 3.79. The summed E-state index contributed by atoms with van der Waals surface area (Å²) in [5.74, 6) is 1.54. The topological polar surface area (TPSA) is 56.8 Å². The molecule has 2 rings (SSSR count). The van der Waals surface area contributed by atoms with E-state index in [1.165, 1.54) is 0 Å². The molecule has 0 bridgehead atoms. The highest BCUT2D eigenvalue weighted by Gasteiger charge is 2.16. The molecule has 24 heavy (non-hydrogen) atoms. The average molecular weight is 350 g/mol. The van der Waals surface area contributed by atoms with Crippen molar-refractivity contribution < 1.29 is 19.0 Å². The quantitative estimate of drug-likeness (QED) is 0.833. The van der Waals surface area contributed by atoms with E-state index in [1.807, 2.05) is 18.2 Å². The maximum atomic E-state index is 12.1. The predicted octanol–water partition coefficient (Wildman–Crippen LogP) is 3.22. The fourth-order valence-corrected chi connectivity index (χ4v) is 2.47. The van der Waals surface area contributed by atoms with E-state index < -0.39 is 0 Å². The molecule has 0 aromatic heterocycles. The third kappa shape index (κ3) is 4.32. The number of hydrogen-bond donors (Lipinski definition) is 1. The number of ether oxygens (including phenoxy) is 3. The Labute approximate surface area is 146 Å². The van der Waals surface area contributed by atoms with Crippen LogP contribution in [0, 0.1) is 0 Å². The molecular formula is C18H20ClNO4. The highest BCUT2D eigenvalue weighted by Crippen LogP contribution is 2.39. The maximum Gasteiger partial charge on any atom is 0.224 e. The Morgan fingerprint density at radius 3 is 2.21 bits per heavy atom. The van der Waals surface area contributed by atoms with Crippen LogP contribution in [-0.2, 0) is 17.8 Å². The van der Waals surface area contributed by atoms with Crippen LogP contribution in [0.1, 0.15) is 11.1 Å². The van der Waals surface area contributed by atoms with Gasteiger partial charge in [0.1, 0.15) is 0 Å². The Morgan fingerprint density at radius 2 is 1.62 bits per heavy atom. The largest absolute Gasteiger partial charge is 0.493 e. The maximum absolute atomic E-state index is 12.1. The van der Waals surface area contributed by atoms with E-state index in [2.05, 4.69) is 5.32 Å². The van der Waals surface area contributed by atoms with E-state index in [1.54, 1.807) is 39.5 Å². The van der Waals surface area contributed by atoms with Crippen LogP contribution in [0.4, 0.5) is 0 Å². The van der Waals surface area contributed by atoms with E-state index in [4.69, 9.17) is 25.8 Å². The Kier molecular flexibility index (Phi) is 6.32. The van der Waals surface area contributed by atoms with Crippen LogP contribution < -0.4 is 19.5 Å². The van der Waals surface area contributed by atoms with Crippen molar-refractivity contribution in [3.05, 3.63) is 52.5 Å². The van der Waals surface area contributed by atoms with Crippen molar-refractivity contribution in [3.63, 3.8) is 0 Å². The number of carbonyl (C=O) groups is 1. The molecule has 2 aromatic carbocycles. The number of amides is 1. The number of hydrogen-bond acceptors (Lipinski definition) is 4. The molecule has 5 nitrogen and oxygen atoms in total. The number of halogens is 1. The van der Waals surface area contributed by atoms with Crippen LogP contribution in [0.3, 0.4) is 0 Å². The Balaban J connectivity index is 2.05. The van der Waals surface area contributed by atoms with Crippen LogP contribution in [0.15, 0.2) is 36.4 Å². The van der Waals surface area contributed by atoms with Crippen molar-refractivity contribution in [2.45, 2.75) is 13.0 Å². The summed E-state index contributed by atoms with van der Waals surface area (Å²) in [5.41, 5.74) is 1.70. The lowest BCUT2D eigenvalue weighted by Gasteiger charge is -2.16. The molecule has 0 aliphatic rings. The lowest BCUT2D eigenvalue weighted by Crippen LogP contribution is -2.24. The fourth-order valence-electron chi connectivity index (χ4n) is 2.35. The van der Waals surface area contributed by atoms with Crippen LogP contribution in [-0.4, -0.2) is 27.2 Å². The fraction of sp³-hybridized carbons (Fsp3) is 0.278. The van der Waals surface area contributed by atoms with E-state index in [0.29, 0.717) is 28.8 Å². The standard InChI is InChI=1S/C18H20ClNO4/c1-22-15-9-6-13(17(23-2)18(15)24-3)11-20-16(21)10-12-4-7-14(19)8-5-12/h4-9H,10-11H2,1-3H3,(H,20,21). The van der Waals surface area contributed by atoms with Crippen LogP contribution >= 0.6 is 11.6 Å². The van der Waals surface area contributed by atoms with Crippen molar-refractivity contribution in [2.24, 2.45) is 0 Å². The summed E-state index contributed by atoms with van der Waals surface area (Å²) in [7, 11) is 4.66. The molecule has 0 heterocycles. The van der Waals surface area contributed by atoms with Gasteiger partial charge in [-0.05, 0) is 29.8 Å². The van der Waals surface area contributed by atoms with Crippen molar-refractivity contribution in [3.8, 4) is 17.2 Å². The van der Waals surface area contributed by atoms with Gasteiger partial charge in [0.2, 0.25) is 11.7 Å². The van der Waals surface area contributed by atoms with Gasteiger partial charge in [0.15, 0.2) is 11.5 Å². The molecule has 0 radical (unpaired) electrons. The molecule has 128 valence electrons. The van der Waals surface area contributed by atoms with Gasteiger partial charge in [0, 0.05) is 17.1 Å². The Hall–Kier alpha value is -2.40. The van der Waals surface area contributed by atoms with Crippen LogP contribution in [0.2, 0.25) is 5.02 Å². The number of carbonyl (C=O) groups excluding carboxylic acids is 1. The van der Waals surface area contributed by atoms with Gasteiger partial charge < -0.3 is 19.5 Å². The highest BCUT2D eigenvalue weighted by atomic mass is 35.5. The van der Waals surface area contributed by atoms with Gasteiger partial charge in [0.05, 0.1) is 27.8 Å². The first-order chi connectivity index (χ1) is 11.6. The second kappa shape index (κ2) is 8.45. The molecule has 0 fully saturated rings. The summed E-state index contributed by atoms with van der Waals surface area (Å²) in [6.07, 6.45) is 0.284. The molecule has 0 atom stereocenters. The molecule has 2 aromatic rings. The van der Waals surface area contributed by atoms with Gasteiger partial charge >= 0.3 is 0 Å². The van der Waals surface area contributed by atoms with Gasteiger partial charge in [0.25, 0.3) is 0 Å². The Bertz CT molecular complexity index is 701. The molecule has 6 heteroatoms. The summed E-state index contributed by atoms with van der Waals surface area (Å²) in [6.45, 7) is 0.329. The smallest absolute Gasteiger partial charge is 0.224 e. The first kappa shape index (κ1) is 17.9. The zero-order valence-corrected chi connectivity index (χ0v) is 14.6. The van der Waals surface area contributed by atoms with Gasteiger partial charge in [-0.2, -0.15) is 0 Å². The first-order valence-corrected chi connectivity index (χ1v) is 7.75. The Morgan fingerprint density at radius 1 is 0.958 bits per heavy atom. The summed E-state index contributed by atoms with van der Waals surface area (Å²) in [5, 5.41) is 3.52. The second-order valence-electron chi connectivity index (χ2n) is 5.07. The molecule has 1 N–H and O–H groups in total. The lowest BCUT2D eigenvalue weighted by molar-refractivity contribution is -0.120. The molecule has 0 saturated carbocycles. The normalized spacial score (nSPS) is 10.2. The van der Waals surface area contributed by atoms with Gasteiger partial charge in [-0.1, -0.05) is 23.7 Å². The zero-order valence-electron chi connectivity index (χ0n) is 13.9. The zero-order chi connectivity index (χ0) is 17.5. The van der Waals surface area contributed by atoms with E-state index >= 15 is 0 Å². The minimum Gasteiger partial charge on any atom is -0.493 e. The molecule has 0 spiro atoms. The average Bonchev–Trinajstić information content (AvgIpc) is 2.60. The van der Waals surface area contributed by atoms with Crippen molar-refractivity contribution in [1.82, 2.24) is 5.32 Å². The third-order valence-electron chi connectivity index (χ3n) is 3.54. The van der Waals surface area contributed by atoms with Gasteiger partial charge in [-0.3, -0.25) is 4.79 Å². The van der Waals surface area contributed by atoms with E-state index in [-0.39, 0.29) is 12.3 Å². The van der Waals surface area contributed by atoms with Crippen molar-refractivity contribution >= 4 is 17.5 Å². The molecule has 0 aliphatic carbocycles. The highest BCUT2D eigenvalue weighted by molar-refractivity contribution is 6.30. The minimum atomic E-state index is -0.0887. The molecule has 0 unspecified atom stereocenters. The second-order valence-corrected chi connectivity index (χ2v) is 5.51. The monoisotopic (exact) mass is 349 g/mol. The number of rotatable bonds is 7. The van der Waals surface area contributed by atoms with Gasteiger partial charge in [-0.25, -0.2) is 0 Å². The van der Waals surface area contributed by atoms with E-state index in [9.17, 15) is 4.79 Å². The number of methoxy groups -OCH3 is 3. The summed E-state index contributed by atoms with van der Waals surface area (Å²) in [6, 6.07) is 10.8. The number of benzene rings is 2. The molecule has 0 saturated heterocycles. The minimum absolute atomic E-state index is 0.0887.